The largest absolute Gasteiger partial charge is 0.193 e. The van der Waals surface area contributed by atoms with Crippen LogP contribution in [0.2, 0.25) is 0 Å². The van der Waals surface area contributed by atoms with Crippen molar-refractivity contribution in [2.45, 2.75) is 0 Å². The van der Waals surface area contributed by atoms with Crippen molar-refractivity contribution in [2.75, 3.05) is 0 Å². The van der Waals surface area contributed by atoms with Gasteiger partial charge in [0.05, 0.1) is 6.07 Å². The van der Waals surface area contributed by atoms with Crippen molar-refractivity contribution < 1.29 is 0 Å². The number of hydrogen-bond acceptors (Lipinski definition) is 2. The molecule has 1 nitrogen and oxygen atoms in total. The number of hydrogen-bond donors (Lipinski definition) is 1. The summed E-state index contributed by atoms with van der Waals surface area (Å²) in [6.07, 6.45) is 20.0. The van der Waals surface area contributed by atoms with Gasteiger partial charge in [-0.25, -0.2) is 0 Å². The first-order valence-corrected chi connectivity index (χ1v) is 4.95. The van der Waals surface area contributed by atoms with Gasteiger partial charge < -0.3 is 0 Å². The normalized spacial score (nSPS) is 13.3. The summed E-state index contributed by atoms with van der Waals surface area (Å²) in [5.74, 6) is 0. The van der Waals surface area contributed by atoms with Crippen molar-refractivity contribution in [1.82, 2.24) is 0 Å². The molecule has 0 aliphatic rings. The minimum absolute atomic E-state index is 1.42. The maximum absolute atomic E-state index is 8.19. The molecule has 0 N–H and O–H groups in total. The van der Waals surface area contributed by atoms with Crippen LogP contribution in [0, 0.1) is 11.3 Å². The summed E-state index contributed by atoms with van der Waals surface area (Å²) < 4.78 is 0. The predicted molar refractivity (Wildman–Crippen MR) is 69.4 cm³/mol. The molecule has 0 radical (unpaired) electrons. The van der Waals surface area contributed by atoms with E-state index in [0.717, 1.165) is 0 Å². The fraction of sp³-hybridized carbons (Fsp3) is 0. The van der Waals surface area contributed by atoms with Crippen molar-refractivity contribution in [3.63, 3.8) is 0 Å². The van der Waals surface area contributed by atoms with Gasteiger partial charge in [0.2, 0.25) is 0 Å². The second-order valence-electron chi connectivity index (χ2n) is 2.37. The molecule has 0 heterocycles. The van der Waals surface area contributed by atoms with Crippen molar-refractivity contribution in [2.24, 2.45) is 0 Å². The van der Waals surface area contributed by atoms with Crippen LogP contribution in [0.5, 0.6) is 0 Å². The summed E-state index contributed by atoms with van der Waals surface area (Å²) in [6.45, 7) is 0. The summed E-state index contributed by atoms with van der Waals surface area (Å²) >= 11 is 3.91. The average Bonchev–Trinajstić information content (AvgIpc) is 2.26. The van der Waals surface area contributed by atoms with E-state index in [1.165, 1.54) is 6.08 Å². The van der Waals surface area contributed by atoms with Gasteiger partial charge in [-0.15, -0.1) is 0 Å². The molecular weight excluding hydrogens is 202 g/mol. The van der Waals surface area contributed by atoms with Crippen LogP contribution in [0.25, 0.3) is 0 Å². The molecule has 0 aromatic rings. The Bertz CT molecular complexity index is 349. The molecule has 0 unspecified atom stereocenters. The molecule has 15 heavy (non-hydrogen) atoms. The first-order chi connectivity index (χ1) is 7.41. The van der Waals surface area contributed by atoms with Crippen LogP contribution >= 0.6 is 12.6 Å². The van der Waals surface area contributed by atoms with Crippen LogP contribution in [0.4, 0.5) is 0 Å². The lowest BCUT2D eigenvalue weighted by atomic mass is 10.3. The van der Waals surface area contributed by atoms with Crippen molar-refractivity contribution in [3.8, 4) is 6.07 Å². The first-order valence-electron chi connectivity index (χ1n) is 4.44. The van der Waals surface area contributed by atoms with Crippen molar-refractivity contribution in [1.29, 1.82) is 5.26 Å². The van der Waals surface area contributed by atoms with E-state index in [4.69, 9.17) is 5.26 Å². The number of nitriles is 1. The van der Waals surface area contributed by atoms with Gasteiger partial charge in [0.1, 0.15) is 0 Å². The van der Waals surface area contributed by atoms with E-state index in [-0.39, 0.29) is 0 Å². The summed E-state index contributed by atoms with van der Waals surface area (Å²) in [7, 11) is 0. The maximum Gasteiger partial charge on any atom is 0.0912 e. The molecule has 0 spiro atoms. The Hall–Kier alpha value is -1.72. The molecule has 0 aromatic heterocycles. The Morgan fingerprint density at radius 2 is 1.07 bits per heavy atom. The number of rotatable bonds is 5. The smallest absolute Gasteiger partial charge is 0.0912 e. The molecule has 0 aliphatic carbocycles. The molecule has 0 aromatic carbocycles. The van der Waals surface area contributed by atoms with Gasteiger partial charge in [0, 0.05) is 6.08 Å². The number of nitrogens with zero attached hydrogens (tertiary/aromatic N) is 1. The zero-order valence-electron chi connectivity index (χ0n) is 8.32. The minimum atomic E-state index is 1.42. The van der Waals surface area contributed by atoms with Gasteiger partial charge in [-0.2, -0.15) is 17.9 Å². The van der Waals surface area contributed by atoms with Gasteiger partial charge in [-0.3, -0.25) is 0 Å². The summed E-state index contributed by atoms with van der Waals surface area (Å²) in [5.41, 5.74) is 0. The molecule has 0 saturated carbocycles. The maximum atomic E-state index is 8.19. The quantitative estimate of drug-likeness (QED) is 0.421. The molecule has 0 bridgehead atoms. The molecule has 2 heteroatoms. The standard InChI is InChI=1S/C13H13NS/c14-12-10-8-6-4-2-1-3-5-7-9-11-13-15/h1-11,13,15H/b2-1+,5-3+,6-4+,9-7+,10-8+,13-11+. The molecule has 0 saturated heterocycles. The lowest BCUT2D eigenvalue weighted by Gasteiger charge is -1.73. The molecule has 0 aliphatic heterocycles. The summed E-state index contributed by atoms with van der Waals surface area (Å²) in [6, 6.07) is 1.91. The highest BCUT2D eigenvalue weighted by Gasteiger charge is 1.63. The Morgan fingerprint density at radius 3 is 1.47 bits per heavy atom. The fourth-order valence-electron chi connectivity index (χ4n) is 0.661. The Kier molecular flexibility index (Phi) is 10.9. The zero-order chi connectivity index (χ0) is 11.2. The highest BCUT2D eigenvalue weighted by molar-refractivity contribution is 7.83. The molecule has 0 amide bonds. The van der Waals surface area contributed by atoms with E-state index in [2.05, 4.69) is 12.6 Å². The van der Waals surface area contributed by atoms with Crippen LogP contribution in [-0.2, 0) is 0 Å². The Labute approximate surface area is 96.5 Å². The van der Waals surface area contributed by atoms with Crippen LogP contribution in [0.3, 0.4) is 0 Å². The minimum Gasteiger partial charge on any atom is -0.193 e. The lowest BCUT2D eigenvalue weighted by molar-refractivity contribution is 1.53. The van der Waals surface area contributed by atoms with Gasteiger partial charge in [-0.1, -0.05) is 60.8 Å². The lowest BCUT2D eigenvalue weighted by Crippen LogP contribution is -1.52. The summed E-state index contributed by atoms with van der Waals surface area (Å²) in [4.78, 5) is 0. The Morgan fingerprint density at radius 1 is 0.667 bits per heavy atom. The number of thiol groups is 1. The monoisotopic (exact) mass is 215 g/mol. The van der Waals surface area contributed by atoms with Crippen molar-refractivity contribution in [3.05, 3.63) is 72.2 Å². The van der Waals surface area contributed by atoms with Gasteiger partial charge in [-0.05, 0) is 5.41 Å². The van der Waals surface area contributed by atoms with E-state index >= 15 is 0 Å². The molecule has 76 valence electrons. The predicted octanol–water partition coefficient (Wildman–Crippen LogP) is 3.73. The van der Waals surface area contributed by atoms with Crippen LogP contribution in [0.1, 0.15) is 0 Å². The second-order valence-corrected chi connectivity index (χ2v) is 2.67. The van der Waals surface area contributed by atoms with Crippen LogP contribution < -0.4 is 0 Å². The zero-order valence-corrected chi connectivity index (χ0v) is 9.22. The molecule has 0 atom stereocenters. The highest BCUT2D eigenvalue weighted by Crippen LogP contribution is 1.85. The van der Waals surface area contributed by atoms with Gasteiger partial charge >= 0.3 is 0 Å². The topological polar surface area (TPSA) is 23.8 Å². The van der Waals surface area contributed by atoms with E-state index in [1.54, 1.807) is 17.6 Å². The Balaban J connectivity index is 3.76. The van der Waals surface area contributed by atoms with Crippen LogP contribution in [-0.4, -0.2) is 0 Å². The number of allylic oxidation sites excluding steroid dienone is 11. The fourth-order valence-corrected chi connectivity index (χ4v) is 0.761. The van der Waals surface area contributed by atoms with E-state index in [1.807, 2.05) is 54.7 Å². The molecular formula is C13H13NS. The van der Waals surface area contributed by atoms with Gasteiger partial charge in [0.15, 0.2) is 0 Å². The second kappa shape index (κ2) is 12.3. The first kappa shape index (κ1) is 13.3. The van der Waals surface area contributed by atoms with E-state index in [0.29, 0.717) is 0 Å². The van der Waals surface area contributed by atoms with Crippen molar-refractivity contribution >= 4 is 12.6 Å². The average molecular weight is 215 g/mol. The van der Waals surface area contributed by atoms with Gasteiger partial charge in [0.25, 0.3) is 0 Å². The molecule has 0 fully saturated rings. The van der Waals surface area contributed by atoms with E-state index < -0.39 is 0 Å². The summed E-state index contributed by atoms with van der Waals surface area (Å²) in [5, 5.41) is 9.86. The highest BCUT2D eigenvalue weighted by atomic mass is 32.1. The third kappa shape index (κ3) is 12.3. The molecule has 0 rings (SSSR count). The third-order valence-corrected chi connectivity index (χ3v) is 1.43. The SMILES string of the molecule is N#C/C=C/C=C/C=C/C=C/C=C/C=C/S. The van der Waals surface area contributed by atoms with E-state index in [9.17, 15) is 0 Å². The third-order valence-electron chi connectivity index (χ3n) is 1.26. The van der Waals surface area contributed by atoms with Crippen LogP contribution in [0.15, 0.2) is 72.2 Å².